The Hall–Kier alpha value is -1.43. The lowest BCUT2D eigenvalue weighted by molar-refractivity contribution is -0.149. The number of benzene rings is 1. The van der Waals surface area contributed by atoms with Crippen molar-refractivity contribution in [3.05, 3.63) is 34.1 Å². The summed E-state index contributed by atoms with van der Waals surface area (Å²) in [4.78, 5) is 25.7. The van der Waals surface area contributed by atoms with Crippen LogP contribution < -0.4 is 0 Å². The Labute approximate surface area is 130 Å². The average Bonchev–Trinajstić information content (AvgIpc) is 2.98. The van der Waals surface area contributed by atoms with Gasteiger partial charge in [-0.3, -0.25) is 9.59 Å². The van der Waals surface area contributed by atoms with Gasteiger partial charge in [0, 0.05) is 17.6 Å². The van der Waals surface area contributed by atoms with Gasteiger partial charge in [0.2, 0.25) is 0 Å². The van der Waals surface area contributed by atoms with Crippen LogP contribution in [0.15, 0.2) is 22.7 Å². The van der Waals surface area contributed by atoms with Crippen LogP contribution in [0.25, 0.3) is 0 Å². The minimum Gasteiger partial charge on any atom is -0.481 e. The molecular formula is C15H15BrFNO3. The Kier molecular flexibility index (Phi) is 3.51. The Morgan fingerprint density at radius 2 is 2.19 bits per heavy atom. The molecule has 21 heavy (non-hydrogen) atoms. The van der Waals surface area contributed by atoms with Crippen LogP contribution in [-0.2, 0) is 4.79 Å². The highest BCUT2D eigenvalue weighted by Crippen LogP contribution is 2.49. The first kappa shape index (κ1) is 14.5. The molecule has 0 aromatic heterocycles. The third-order valence-corrected chi connectivity index (χ3v) is 5.43. The maximum atomic E-state index is 13.3. The summed E-state index contributed by atoms with van der Waals surface area (Å²) in [5.41, 5.74) is -0.564. The summed E-state index contributed by atoms with van der Waals surface area (Å²) >= 11 is 3.25. The van der Waals surface area contributed by atoms with Crippen molar-refractivity contribution in [3.8, 4) is 0 Å². The maximum Gasteiger partial charge on any atom is 0.311 e. The van der Waals surface area contributed by atoms with Gasteiger partial charge in [-0.15, -0.1) is 0 Å². The molecule has 2 aliphatic rings. The fourth-order valence-electron chi connectivity index (χ4n) is 3.63. The normalized spacial score (nSPS) is 27.7. The zero-order valence-corrected chi connectivity index (χ0v) is 12.9. The van der Waals surface area contributed by atoms with Gasteiger partial charge in [0.1, 0.15) is 5.82 Å². The van der Waals surface area contributed by atoms with Crippen LogP contribution in [0.1, 0.15) is 29.6 Å². The van der Waals surface area contributed by atoms with E-state index in [1.54, 1.807) is 4.90 Å². The minimum absolute atomic E-state index is 0.00582. The number of fused-ring (bicyclic) bond motifs is 1. The van der Waals surface area contributed by atoms with Gasteiger partial charge in [-0.1, -0.05) is 6.42 Å². The molecule has 1 heterocycles. The van der Waals surface area contributed by atoms with Crippen LogP contribution in [0, 0.1) is 17.2 Å². The number of carboxylic acids is 1. The molecule has 4 nitrogen and oxygen atoms in total. The predicted octanol–water partition coefficient (Wildman–Crippen LogP) is 2.92. The van der Waals surface area contributed by atoms with E-state index < -0.39 is 17.2 Å². The summed E-state index contributed by atoms with van der Waals surface area (Å²) in [6.45, 7) is 0.656. The number of likely N-dealkylation sites (tertiary alicyclic amines) is 1. The van der Waals surface area contributed by atoms with E-state index in [-0.39, 0.29) is 23.9 Å². The first-order chi connectivity index (χ1) is 9.94. The predicted molar refractivity (Wildman–Crippen MR) is 77.4 cm³/mol. The molecular weight excluding hydrogens is 341 g/mol. The van der Waals surface area contributed by atoms with Gasteiger partial charge < -0.3 is 10.0 Å². The van der Waals surface area contributed by atoms with Gasteiger partial charge in [-0.25, -0.2) is 4.39 Å². The molecule has 3 rings (SSSR count). The molecule has 2 atom stereocenters. The molecule has 1 aromatic carbocycles. The van der Waals surface area contributed by atoms with Crippen molar-refractivity contribution in [1.82, 2.24) is 4.90 Å². The quantitative estimate of drug-likeness (QED) is 0.887. The van der Waals surface area contributed by atoms with E-state index in [9.17, 15) is 19.1 Å². The molecule has 1 amide bonds. The van der Waals surface area contributed by atoms with Gasteiger partial charge in [0.15, 0.2) is 0 Å². The van der Waals surface area contributed by atoms with Gasteiger partial charge >= 0.3 is 5.97 Å². The SMILES string of the molecule is O=C(c1cc(F)ccc1Br)N1C[C@@H]2CCC[C@@]2(C(=O)O)C1. The number of halogens is 2. The van der Waals surface area contributed by atoms with Gasteiger partial charge in [0.05, 0.1) is 11.0 Å². The lowest BCUT2D eigenvalue weighted by Gasteiger charge is -2.23. The number of carboxylic acid groups (broad SMARTS) is 1. The zero-order chi connectivity index (χ0) is 15.2. The van der Waals surface area contributed by atoms with Gasteiger partial charge in [-0.2, -0.15) is 0 Å². The first-order valence-electron chi connectivity index (χ1n) is 6.92. The van der Waals surface area contributed by atoms with Crippen molar-refractivity contribution in [2.45, 2.75) is 19.3 Å². The number of amides is 1. The first-order valence-corrected chi connectivity index (χ1v) is 7.71. The second-order valence-corrected chi connectivity index (χ2v) is 6.71. The average molecular weight is 356 g/mol. The number of hydrogen-bond donors (Lipinski definition) is 1. The van der Waals surface area contributed by atoms with Crippen molar-refractivity contribution < 1.29 is 19.1 Å². The van der Waals surface area contributed by atoms with Crippen molar-refractivity contribution >= 4 is 27.8 Å². The van der Waals surface area contributed by atoms with Crippen LogP contribution in [0.3, 0.4) is 0 Å². The van der Waals surface area contributed by atoms with E-state index in [1.165, 1.54) is 18.2 Å². The Morgan fingerprint density at radius 3 is 2.86 bits per heavy atom. The summed E-state index contributed by atoms with van der Waals surface area (Å²) in [6.07, 6.45) is 2.34. The smallest absolute Gasteiger partial charge is 0.311 e. The number of hydrogen-bond acceptors (Lipinski definition) is 2. The Balaban J connectivity index is 1.88. The van der Waals surface area contributed by atoms with E-state index in [1.807, 2.05) is 0 Å². The molecule has 1 aliphatic carbocycles. The molecule has 1 aromatic rings. The fraction of sp³-hybridized carbons (Fsp3) is 0.467. The summed E-state index contributed by atoms with van der Waals surface area (Å²) in [6, 6.07) is 3.96. The summed E-state index contributed by atoms with van der Waals surface area (Å²) in [5, 5.41) is 9.54. The molecule has 1 saturated carbocycles. The number of aliphatic carboxylic acids is 1. The maximum absolute atomic E-state index is 13.3. The molecule has 0 spiro atoms. The van der Waals surface area contributed by atoms with E-state index in [0.29, 0.717) is 17.4 Å². The minimum atomic E-state index is -0.821. The molecule has 0 radical (unpaired) electrons. The van der Waals surface area contributed by atoms with Crippen LogP contribution in [0.4, 0.5) is 4.39 Å². The number of rotatable bonds is 2. The van der Waals surface area contributed by atoms with E-state index in [4.69, 9.17) is 0 Å². The van der Waals surface area contributed by atoms with Crippen molar-refractivity contribution in [3.63, 3.8) is 0 Å². The Bertz CT molecular complexity index is 621. The molecule has 112 valence electrons. The van der Waals surface area contributed by atoms with E-state index in [2.05, 4.69) is 15.9 Å². The second-order valence-electron chi connectivity index (χ2n) is 5.86. The van der Waals surface area contributed by atoms with Gasteiger partial charge in [0.25, 0.3) is 5.91 Å². The molecule has 0 bridgehead atoms. The number of carbonyl (C=O) groups is 2. The topological polar surface area (TPSA) is 57.6 Å². The standard InChI is InChI=1S/C15H15BrFNO3/c16-12-4-3-10(17)6-11(12)13(19)18-7-9-2-1-5-15(9,8-18)14(20)21/h3-4,6,9H,1-2,5,7-8H2,(H,20,21)/t9-,15+/m0/s1. The van der Waals surface area contributed by atoms with Crippen LogP contribution in [0.5, 0.6) is 0 Å². The number of carbonyl (C=O) groups excluding carboxylic acids is 1. The summed E-state index contributed by atoms with van der Waals surface area (Å²) in [7, 11) is 0. The molecule has 2 fully saturated rings. The van der Waals surface area contributed by atoms with E-state index in [0.717, 1.165) is 12.8 Å². The highest BCUT2D eigenvalue weighted by Gasteiger charge is 2.55. The van der Waals surface area contributed by atoms with Crippen molar-refractivity contribution in [2.75, 3.05) is 13.1 Å². The lowest BCUT2D eigenvalue weighted by Crippen LogP contribution is -2.37. The third kappa shape index (κ3) is 2.25. The molecule has 1 aliphatic heterocycles. The van der Waals surface area contributed by atoms with E-state index >= 15 is 0 Å². The Morgan fingerprint density at radius 1 is 1.43 bits per heavy atom. The van der Waals surface area contributed by atoms with Crippen LogP contribution in [-0.4, -0.2) is 35.0 Å². The van der Waals surface area contributed by atoms with Crippen LogP contribution in [0.2, 0.25) is 0 Å². The van der Waals surface area contributed by atoms with Gasteiger partial charge in [-0.05, 0) is 52.9 Å². The largest absolute Gasteiger partial charge is 0.481 e. The molecule has 1 saturated heterocycles. The summed E-state index contributed by atoms with van der Waals surface area (Å²) in [5.74, 6) is -1.60. The zero-order valence-electron chi connectivity index (χ0n) is 11.3. The fourth-order valence-corrected chi connectivity index (χ4v) is 4.04. The molecule has 0 unspecified atom stereocenters. The van der Waals surface area contributed by atoms with Crippen molar-refractivity contribution in [1.29, 1.82) is 0 Å². The molecule has 6 heteroatoms. The highest BCUT2D eigenvalue weighted by molar-refractivity contribution is 9.10. The molecule has 1 N–H and O–H groups in total. The second kappa shape index (κ2) is 5.09. The summed E-state index contributed by atoms with van der Waals surface area (Å²) < 4.78 is 13.9. The third-order valence-electron chi connectivity index (χ3n) is 4.74. The highest BCUT2D eigenvalue weighted by atomic mass is 79.9. The number of nitrogens with zero attached hydrogens (tertiary/aromatic N) is 1. The monoisotopic (exact) mass is 355 g/mol. The van der Waals surface area contributed by atoms with Crippen LogP contribution >= 0.6 is 15.9 Å². The van der Waals surface area contributed by atoms with Crippen molar-refractivity contribution in [2.24, 2.45) is 11.3 Å². The lowest BCUT2D eigenvalue weighted by atomic mass is 9.81.